The minimum atomic E-state index is -3.97. The minimum absolute atomic E-state index is 0.0281. The molecule has 3 N–H and O–H groups in total. The van der Waals surface area contributed by atoms with E-state index in [0.717, 1.165) is 49.7 Å². The molecule has 0 aliphatic carbocycles. The van der Waals surface area contributed by atoms with E-state index in [4.69, 9.17) is 9.47 Å². The zero-order chi connectivity index (χ0) is 39.8. The van der Waals surface area contributed by atoms with Crippen molar-refractivity contribution in [2.24, 2.45) is 7.05 Å². The number of sulfonamides is 1. The van der Waals surface area contributed by atoms with Crippen molar-refractivity contribution in [1.82, 2.24) is 24.8 Å². The summed E-state index contributed by atoms with van der Waals surface area (Å²) in [4.78, 5) is 13.8. The second-order valence-electron chi connectivity index (χ2n) is 14.1. The molecule has 0 radical (unpaired) electrons. The molecular weight excluding hydrogens is 759 g/mol. The van der Waals surface area contributed by atoms with Crippen molar-refractivity contribution in [2.75, 3.05) is 5.75 Å². The largest absolute Gasteiger partial charge is 0.392 e. The summed E-state index contributed by atoms with van der Waals surface area (Å²) in [7, 11) is -2.06. The lowest BCUT2D eigenvalue weighted by molar-refractivity contribution is -0.245. The molecule has 7 rings (SSSR count). The number of thioether (sulfide) groups is 1. The summed E-state index contributed by atoms with van der Waals surface area (Å²) in [6.07, 6.45) is 1.49. The average molecular weight is 804 g/mol. The Bertz CT molecular complexity index is 2370. The Morgan fingerprint density at radius 1 is 0.860 bits per heavy atom. The van der Waals surface area contributed by atoms with Gasteiger partial charge in [0.05, 0.1) is 23.7 Å². The summed E-state index contributed by atoms with van der Waals surface area (Å²) in [5, 5.41) is 21.6. The standard InChI is InChI=1S/C44H45N5O6S2/c1-30-14-20-39(21-15-30)57(52,53)48-40(23-31-8-4-3-5-9-31)42(51)45-26-33-10-6-11-35(22-33)36-12-7-13-37(24-36)43-54-38(28-56-44-47-46-29-49(44)2)25-41(55-43)34-18-16-32(27-50)17-19-34/h3-22,24,29,38,40-41,43,48,50H,23,25-28H2,1-2H3,(H,45,51)/t38-,40+,41+,43+/m0/s1. The minimum Gasteiger partial charge on any atom is -0.392 e. The first-order valence-corrected chi connectivity index (χ1v) is 21.2. The maximum atomic E-state index is 13.7. The summed E-state index contributed by atoms with van der Waals surface area (Å²) < 4.78 is 44.5. The van der Waals surface area contributed by atoms with Gasteiger partial charge in [0.1, 0.15) is 12.4 Å². The number of carbonyl (C=O) groups is 1. The fourth-order valence-corrected chi connectivity index (χ4v) is 8.74. The molecule has 0 saturated carbocycles. The summed E-state index contributed by atoms with van der Waals surface area (Å²) in [5.74, 6) is 0.228. The van der Waals surface area contributed by atoms with Crippen molar-refractivity contribution < 1.29 is 27.8 Å². The van der Waals surface area contributed by atoms with Gasteiger partial charge in [0.15, 0.2) is 11.4 Å². The molecule has 0 unspecified atom stereocenters. The van der Waals surface area contributed by atoms with Gasteiger partial charge in [-0.15, -0.1) is 10.2 Å². The topological polar surface area (TPSA) is 145 Å². The number of hydrogen-bond donors (Lipinski definition) is 3. The van der Waals surface area contributed by atoms with E-state index < -0.39 is 28.3 Å². The third-order valence-corrected chi connectivity index (χ3v) is 12.5. The normalized spacial score (nSPS) is 17.6. The van der Waals surface area contributed by atoms with Crippen molar-refractivity contribution in [2.45, 2.75) is 67.5 Å². The van der Waals surface area contributed by atoms with Crippen LogP contribution in [0.5, 0.6) is 0 Å². The predicted molar refractivity (Wildman–Crippen MR) is 219 cm³/mol. The number of ether oxygens (including phenoxy) is 2. The van der Waals surface area contributed by atoms with E-state index >= 15 is 0 Å². The number of amides is 1. The number of hydrogen-bond acceptors (Lipinski definition) is 9. The third-order valence-electron chi connectivity index (χ3n) is 9.80. The van der Waals surface area contributed by atoms with Gasteiger partial charge in [0.25, 0.3) is 0 Å². The van der Waals surface area contributed by atoms with Crippen LogP contribution >= 0.6 is 11.8 Å². The Balaban J connectivity index is 1.06. The number of aryl methyl sites for hydroxylation is 2. The molecule has 0 bridgehead atoms. The first kappa shape index (κ1) is 40.1. The van der Waals surface area contributed by atoms with Gasteiger partial charge in [0.2, 0.25) is 15.9 Å². The molecule has 13 heteroatoms. The highest BCUT2D eigenvalue weighted by Crippen LogP contribution is 2.40. The van der Waals surface area contributed by atoms with Crippen LogP contribution < -0.4 is 10.0 Å². The molecule has 5 aromatic carbocycles. The monoisotopic (exact) mass is 803 g/mol. The van der Waals surface area contributed by atoms with Crippen LogP contribution in [0.25, 0.3) is 11.1 Å². The van der Waals surface area contributed by atoms with Gasteiger partial charge in [0, 0.05) is 31.3 Å². The van der Waals surface area contributed by atoms with Gasteiger partial charge in [-0.05, 0) is 71.0 Å². The summed E-state index contributed by atoms with van der Waals surface area (Å²) in [6.45, 7) is 2.05. The molecule has 6 aromatic rings. The lowest BCUT2D eigenvalue weighted by Crippen LogP contribution is -2.47. The molecule has 1 fully saturated rings. The number of aliphatic hydroxyl groups is 1. The van der Waals surface area contributed by atoms with Crippen LogP contribution in [-0.2, 0) is 50.9 Å². The van der Waals surface area contributed by atoms with Gasteiger partial charge in [-0.2, -0.15) is 4.72 Å². The Labute approximate surface area is 337 Å². The van der Waals surface area contributed by atoms with Gasteiger partial charge >= 0.3 is 0 Å². The number of rotatable bonds is 15. The van der Waals surface area contributed by atoms with Crippen LogP contribution in [0.1, 0.15) is 52.2 Å². The van der Waals surface area contributed by atoms with Crippen molar-refractivity contribution in [3.63, 3.8) is 0 Å². The van der Waals surface area contributed by atoms with E-state index in [0.29, 0.717) is 12.2 Å². The van der Waals surface area contributed by atoms with Crippen molar-refractivity contribution >= 4 is 27.7 Å². The van der Waals surface area contributed by atoms with Crippen molar-refractivity contribution in [3.8, 4) is 11.1 Å². The molecule has 0 spiro atoms. The summed E-state index contributed by atoms with van der Waals surface area (Å²) >= 11 is 1.58. The second-order valence-corrected chi connectivity index (χ2v) is 16.8. The van der Waals surface area contributed by atoms with Gasteiger partial charge in [-0.1, -0.05) is 120 Å². The lowest BCUT2D eigenvalue weighted by atomic mass is 9.99. The van der Waals surface area contributed by atoms with E-state index in [1.807, 2.05) is 116 Å². The molecule has 1 aromatic heterocycles. The molecule has 4 atom stereocenters. The number of nitrogens with zero attached hydrogens (tertiary/aromatic N) is 3. The number of benzene rings is 5. The smallest absolute Gasteiger partial charge is 0.241 e. The van der Waals surface area contributed by atoms with Crippen molar-refractivity contribution in [3.05, 3.63) is 167 Å². The molecule has 11 nitrogen and oxygen atoms in total. The number of aromatic nitrogens is 3. The quantitative estimate of drug-likeness (QED) is 0.0953. The summed E-state index contributed by atoms with van der Waals surface area (Å²) in [6, 6.07) is 38.6. The van der Waals surface area contributed by atoms with E-state index in [9.17, 15) is 18.3 Å². The van der Waals surface area contributed by atoms with E-state index in [1.165, 1.54) is 12.1 Å². The molecule has 294 valence electrons. The van der Waals surface area contributed by atoms with Crippen LogP contribution in [0, 0.1) is 6.92 Å². The maximum Gasteiger partial charge on any atom is 0.241 e. The van der Waals surface area contributed by atoms with Crippen LogP contribution in [0.4, 0.5) is 0 Å². The number of nitrogens with one attached hydrogen (secondary N) is 2. The highest BCUT2D eigenvalue weighted by molar-refractivity contribution is 7.99. The van der Waals surface area contributed by atoms with E-state index in [1.54, 1.807) is 30.2 Å². The maximum absolute atomic E-state index is 13.7. The Kier molecular flexibility index (Phi) is 12.9. The lowest BCUT2D eigenvalue weighted by Gasteiger charge is -2.36. The van der Waals surface area contributed by atoms with Crippen LogP contribution in [0.3, 0.4) is 0 Å². The van der Waals surface area contributed by atoms with Crippen LogP contribution in [0.2, 0.25) is 0 Å². The fourth-order valence-electron chi connectivity index (χ4n) is 6.64. The van der Waals surface area contributed by atoms with E-state index in [-0.39, 0.29) is 36.7 Å². The third kappa shape index (κ3) is 10.4. The van der Waals surface area contributed by atoms with Crippen LogP contribution in [-0.4, -0.2) is 52.1 Å². The first-order chi connectivity index (χ1) is 27.6. The van der Waals surface area contributed by atoms with Gasteiger partial charge in [-0.25, -0.2) is 8.42 Å². The molecule has 1 aliphatic heterocycles. The first-order valence-electron chi connectivity index (χ1n) is 18.7. The predicted octanol–water partition coefficient (Wildman–Crippen LogP) is 6.83. The molecule has 57 heavy (non-hydrogen) atoms. The summed E-state index contributed by atoms with van der Waals surface area (Å²) in [5.41, 5.74) is 7.20. The van der Waals surface area contributed by atoms with E-state index in [2.05, 4.69) is 26.3 Å². The highest BCUT2D eigenvalue weighted by atomic mass is 32.2. The van der Waals surface area contributed by atoms with Gasteiger partial charge in [-0.3, -0.25) is 4.79 Å². The average Bonchev–Trinajstić information content (AvgIpc) is 3.66. The molecule has 1 aliphatic rings. The zero-order valence-corrected chi connectivity index (χ0v) is 33.3. The van der Waals surface area contributed by atoms with Gasteiger partial charge < -0.3 is 24.5 Å². The molecule has 1 saturated heterocycles. The SMILES string of the molecule is Cc1ccc(S(=O)(=O)N[C@H](Cc2ccccc2)C(=O)NCc2cccc(-c3cccc([C@@H]4O[C@H](CSc5nncn5C)C[C@H](c5ccc(CO)cc5)O4)c3)c2)cc1. The van der Waals surface area contributed by atoms with Crippen LogP contribution in [0.15, 0.2) is 144 Å². The fraction of sp³-hybridized carbons (Fsp3) is 0.250. The number of carbonyl (C=O) groups excluding carboxylic acids is 1. The molecular formula is C44H45N5O6S2. The Morgan fingerprint density at radius 3 is 2.30 bits per heavy atom. The van der Waals surface area contributed by atoms with Crippen molar-refractivity contribution in [1.29, 1.82) is 0 Å². The highest BCUT2D eigenvalue weighted by Gasteiger charge is 2.33. The second kappa shape index (κ2) is 18.4. The Morgan fingerprint density at radius 2 is 1.58 bits per heavy atom. The molecule has 1 amide bonds. The molecule has 2 heterocycles. The Hall–Kier alpha value is -5.15. The number of aliphatic hydroxyl groups excluding tert-OH is 1. The zero-order valence-electron chi connectivity index (χ0n) is 31.7.